The van der Waals surface area contributed by atoms with E-state index in [2.05, 4.69) is 11.1 Å². The average Bonchev–Trinajstić information content (AvgIpc) is 2.66. The maximum Gasteiger partial charge on any atom is 0.181 e. The van der Waals surface area contributed by atoms with Crippen molar-refractivity contribution in [1.82, 2.24) is 4.98 Å². The minimum atomic E-state index is -0.0723. The highest BCUT2D eigenvalue weighted by atomic mass is 35.5. The number of pyridine rings is 1. The van der Waals surface area contributed by atoms with E-state index in [1.54, 1.807) is 36.4 Å². The SMILES string of the molecule is N#Cc1ccc(CCC(=O)c2cc(-c3ccc(Cl)cc3)cc(N)n2)cc1. The van der Waals surface area contributed by atoms with Crippen LogP contribution in [0, 0.1) is 11.3 Å². The molecule has 2 N–H and O–H groups in total. The number of nitrogen functional groups attached to an aromatic ring is 1. The van der Waals surface area contributed by atoms with E-state index in [-0.39, 0.29) is 5.78 Å². The molecule has 0 amide bonds. The molecule has 0 aliphatic heterocycles. The summed E-state index contributed by atoms with van der Waals surface area (Å²) < 4.78 is 0. The van der Waals surface area contributed by atoms with Crippen molar-refractivity contribution < 1.29 is 4.79 Å². The van der Waals surface area contributed by atoms with Gasteiger partial charge in [0.2, 0.25) is 0 Å². The fourth-order valence-electron chi connectivity index (χ4n) is 2.64. The molecule has 1 aromatic heterocycles. The van der Waals surface area contributed by atoms with Gasteiger partial charge in [-0.15, -0.1) is 0 Å². The summed E-state index contributed by atoms with van der Waals surface area (Å²) >= 11 is 5.92. The van der Waals surface area contributed by atoms with Gasteiger partial charge in [0.05, 0.1) is 11.6 Å². The molecule has 3 aromatic rings. The molecule has 0 aliphatic carbocycles. The van der Waals surface area contributed by atoms with E-state index in [0.717, 1.165) is 16.7 Å². The van der Waals surface area contributed by atoms with Crippen LogP contribution in [0.4, 0.5) is 5.82 Å². The lowest BCUT2D eigenvalue weighted by Gasteiger charge is -2.07. The summed E-state index contributed by atoms with van der Waals surface area (Å²) in [6.45, 7) is 0. The number of halogens is 1. The Labute approximate surface area is 156 Å². The van der Waals surface area contributed by atoms with Crippen molar-refractivity contribution in [3.05, 3.63) is 82.5 Å². The molecular weight excluding hydrogens is 346 g/mol. The summed E-state index contributed by atoms with van der Waals surface area (Å²) in [6, 6.07) is 20.1. The number of hydrogen-bond donors (Lipinski definition) is 1. The number of aromatic nitrogens is 1. The number of rotatable bonds is 5. The highest BCUT2D eigenvalue weighted by Gasteiger charge is 2.11. The van der Waals surface area contributed by atoms with Gasteiger partial charge in [-0.1, -0.05) is 35.9 Å². The van der Waals surface area contributed by atoms with E-state index >= 15 is 0 Å². The molecule has 0 spiro atoms. The molecule has 3 rings (SSSR count). The molecule has 4 nitrogen and oxygen atoms in total. The summed E-state index contributed by atoms with van der Waals surface area (Å²) in [5.41, 5.74) is 9.59. The number of aryl methyl sites for hydroxylation is 1. The Balaban J connectivity index is 1.76. The first-order valence-electron chi connectivity index (χ1n) is 8.11. The molecule has 0 aliphatic rings. The minimum Gasteiger partial charge on any atom is -0.384 e. The lowest BCUT2D eigenvalue weighted by molar-refractivity contribution is 0.0978. The zero-order chi connectivity index (χ0) is 18.5. The van der Waals surface area contributed by atoms with E-state index < -0.39 is 0 Å². The van der Waals surface area contributed by atoms with Crippen LogP contribution in [0.5, 0.6) is 0 Å². The standard InChI is InChI=1S/C21H16ClN3O/c22-18-8-6-16(7-9-18)17-11-19(25-21(24)12-17)20(26)10-5-14-1-3-15(13-23)4-2-14/h1-4,6-9,11-12H,5,10H2,(H2,24,25). The Morgan fingerprint density at radius 3 is 2.38 bits per heavy atom. The fourth-order valence-corrected chi connectivity index (χ4v) is 2.76. The van der Waals surface area contributed by atoms with Gasteiger partial charge in [-0.25, -0.2) is 4.98 Å². The first-order chi connectivity index (χ1) is 12.5. The van der Waals surface area contributed by atoms with Gasteiger partial charge in [0.25, 0.3) is 0 Å². The van der Waals surface area contributed by atoms with Gasteiger partial charge in [0.1, 0.15) is 11.5 Å². The number of benzene rings is 2. The van der Waals surface area contributed by atoms with E-state index in [1.807, 2.05) is 24.3 Å². The number of ketones is 1. The number of hydrogen-bond acceptors (Lipinski definition) is 4. The Morgan fingerprint density at radius 2 is 1.73 bits per heavy atom. The van der Waals surface area contributed by atoms with Crippen LogP contribution in [-0.4, -0.2) is 10.8 Å². The molecule has 0 atom stereocenters. The summed E-state index contributed by atoms with van der Waals surface area (Å²) in [6.07, 6.45) is 0.902. The summed E-state index contributed by atoms with van der Waals surface area (Å²) in [5, 5.41) is 9.47. The van der Waals surface area contributed by atoms with Gasteiger partial charge < -0.3 is 5.73 Å². The molecule has 2 aromatic carbocycles. The van der Waals surface area contributed by atoms with Crippen molar-refractivity contribution in [2.24, 2.45) is 0 Å². The van der Waals surface area contributed by atoms with Crippen LogP contribution in [0.2, 0.25) is 5.02 Å². The maximum absolute atomic E-state index is 12.5. The van der Waals surface area contributed by atoms with Gasteiger partial charge in [-0.05, 0) is 59.5 Å². The van der Waals surface area contributed by atoms with Crippen LogP contribution in [0.15, 0.2) is 60.7 Å². The highest BCUT2D eigenvalue weighted by Crippen LogP contribution is 2.24. The second-order valence-electron chi connectivity index (χ2n) is 5.90. The normalized spacial score (nSPS) is 10.3. The molecule has 1 heterocycles. The van der Waals surface area contributed by atoms with Crippen LogP contribution >= 0.6 is 11.6 Å². The van der Waals surface area contributed by atoms with Crippen molar-refractivity contribution in [1.29, 1.82) is 5.26 Å². The molecule has 5 heteroatoms. The Hall–Kier alpha value is -3.16. The number of anilines is 1. The molecule has 0 bridgehead atoms. The topological polar surface area (TPSA) is 79.8 Å². The van der Waals surface area contributed by atoms with Gasteiger partial charge in [0.15, 0.2) is 5.78 Å². The summed E-state index contributed by atoms with van der Waals surface area (Å²) in [4.78, 5) is 16.7. The van der Waals surface area contributed by atoms with Gasteiger partial charge in [0, 0.05) is 11.4 Å². The zero-order valence-electron chi connectivity index (χ0n) is 13.9. The molecule has 128 valence electrons. The van der Waals surface area contributed by atoms with E-state index in [9.17, 15) is 4.79 Å². The van der Waals surface area contributed by atoms with Crippen LogP contribution in [-0.2, 0) is 6.42 Å². The molecule has 0 fully saturated rings. The van der Waals surface area contributed by atoms with Gasteiger partial charge >= 0.3 is 0 Å². The smallest absolute Gasteiger partial charge is 0.181 e. The zero-order valence-corrected chi connectivity index (χ0v) is 14.7. The quantitative estimate of drug-likeness (QED) is 0.669. The number of nitrogens with two attached hydrogens (primary N) is 1. The Morgan fingerprint density at radius 1 is 1.04 bits per heavy atom. The van der Waals surface area contributed by atoms with E-state index in [1.165, 1.54) is 0 Å². The van der Waals surface area contributed by atoms with E-state index in [0.29, 0.717) is 34.9 Å². The van der Waals surface area contributed by atoms with Crippen LogP contribution in [0.1, 0.15) is 28.0 Å². The van der Waals surface area contributed by atoms with Crippen molar-refractivity contribution in [2.75, 3.05) is 5.73 Å². The third-order valence-electron chi connectivity index (χ3n) is 4.03. The van der Waals surface area contributed by atoms with Crippen LogP contribution in [0.3, 0.4) is 0 Å². The number of carbonyl (C=O) groups excluding carboxylic acids is 1. The molecule has 0 unspecified atom stereocenters. The minimum absolute atomic E-state index is 0.0723. The fraction of sp³-hybridized carbons (Fsp3) is 0.0952. The highest BCUT2D eigenvalue weighted by molar-refractivity contribution is 6.30. The summed E-state index contributed by atoms with van der Waals surface area (Å²) in [5.74, 6) is 0.232. The molecule has 0 radical (unpaired) electrons. The molecular formula is C21H16ClN3O. The van der Waals surface area contributed by atoms with Crippen LogP contribution in [0.25, 0.3) is 11.1 Å². The molecule has 0 saturated carbocycles. The van der Waals surface area contributed by atoms with Crippen LogP contribution < -0.4 is 5.73 Å². The average molecular weight is 362 g/mol. The second kappa shape index (κ2) is 7.81. The maximum atomic E-state index is 12.5. The Kier molecular flexibility index (Phi) is 5.31. The monoisotopic (exact) mass is 361 g/mol. The number of carbonyl (C=O) groups is 1. The number of nitrogens with zero attached hydrogens (tertiary/aromatic N) is 2. The van der Waals surface area contributed by atoms with Crippen molar-refractivity contribution >= 4 is 23.2 Å². The second-order valence-corrected chi connectivity index (χ2v) is 6.34. The first kappa shape index (κ1) is 17.7. The molecule has 0 saturated heterocycles. The number of nitriles is 1. The van der Waals surface area contributed by atoms with Crippen molar-refractivity contribution in [3.63, 3.8) is 0 Å². The number of Topliss-reactive ketones (excluding diaryl/α,β-unsaturated/α-hetero) is 1. The van der Waals surface area contributed by atoms with Gasteiger partial charge in [-0.2, -0.15) is 5.26 Å². The largest absolute Gasteiger partial charge is 0.384 e. The molecule has 26 heavy (non-hydrogen) atoms. The predicted molar refractivity (Wildman–Crippen MR) is 103 cm³/mol. The van der Waals surface area contributed by atoms with Crippen molar-refractivity contribution in [3.8, 4) is 17.2 Å². The lowest BCUT2D eigenvalue weighted by atomic mass is 10.0. The Bertz CT molecular complexity index is 974. The third kappa shape index (κ3) is 4.27. The summed E-state index contributed by atoms with van der Waals surface area (Å²) in [7, 11) is 0. The van der Waals surface area contributed by atoms with E-state index in [4.69, 9.17) is 22.6 Å². The van der Waals surface area contributed by atoms with Crippen molar-refractivity contribution in [2.45, 2.75) is 12.8 Å². The lowest BCUT2D eigenvalue weighted by Crippen LogP contribution is -2.06. The first-order valence-corrected chi connectivity index (χ1v) is 8.49. The van der Waals surface area contributed by atoms with Gasteiger partial charge in [-0.3, -0.25) is 4.79 Å². The predicted octanol–water partition coefficient (Wildman–Crippen LogP) is 4.67. The third-order valence-corrected chi connectivity index (χ3v) is 4.28.